The highest BCUT2D eigenvalue weighted by atomic mass is 16.5. The molecule has 2 aliphatic rings. The van der Waals surface area contributed by atoms with Crippen molar-refractivity contribution in [2.45, 2.75) is 13.5 Å². The molecule has 2 atom stereocenters. The van der Waals surface area contributed by atoms with Crippen molar-refractivity contribution in [1.29, 1.82) is 0 Å². The van der Waals surface area contributed by atoms with E-state index in [2.05, 4.69) is 20.5 Å². The molecular weight excluding hydrogens is 312 g/mol. The van der Waals surface area contributed by atoms with Gasteiger partial charge >= 0.3 is 0 Å². The molecule has 0 aliphatic carbocycles. The Morgan fingerprint density at radius 2 is 2.42 bits per heavy atom. The normalized spacial score (nSPS) is 26.6. The lowest BCUT2D eigenvalue weighted by Crippen LogP contribution is -2.43. The fourth-order valence-electron chi connectivity index (χ4n) is 3.71. The van der Waals surface area contributed by atoms with Crippen molar-refractivity contribution in [3.63, 3.8) is 0 Å². The maximum absolute atomic E-state index is 12.1. The molecule has 24 heavy (non-hydrogen) atoms. The molecular formula is C16H20N4O4. The van der Waals surface area contributed by atoms with Crippen LogP contribution in [0.4, 0.5) is 0 Å². The topological polar surface area (TPSA) is 93.6 Å². The van der Waals surface area contributed by atoms with Gasteiger partial charge in [0.25, 0.3) is 5.91 Å². The molecule has 2 aliphatic heterocycles. The molecule has 0 bridgehead atoms. The highest BCUT2D eigenvalue weighted by molar-refractivity contribution is 5.91. The lowest BCUT2D eigenvalue weighted by Gasteiger charge is -2.27. The van der Waals surface area contributed by atoms with Crippen LogP contribution < -0.4 is 5.32 Å². The fourth-order valence-corrected chi connectivity index (χ4v) is 3.71. The summed E-state index contributed by atoms with van der Waals surface area (Å²) >= 11 is 0. The van der Waals surface area contributed by atoms with Gasteiger partial charge in [-0.2, -0.15) is 0 Å². The van der Waals surface area contributed by atoms with Crippen LogP contribution in [0.25, 0.3) is 0 Å². The Hall–Kier alpha value is -2.19. The van der Waals surface area contributed by atoms with E-state index >= 15 is 0 Å². The molecule has 2 aromatic rings. The van der Waals surface area contributed by atoms with E-state index in [1.54, 1.807) is 6.07 Å². The average molecular weight is 332 g/mol. The Morgan fingerprint density at radius 3 is 3.17 bits per heavy atom. The van der Waals surface area contributed by atoms with E-state index in [1.807, 2.05) is 13.0 Å². The van der Waals surface area contributed by atoms with Crippen molar-refractivity contribution in [3.8, 4) is 0 Å². The van der Waals surface area contributed by atoms with Gasteiger partial charge in [-0.1, -0.05) is 10.3 Å². The molecule has 8 nitrogen and oxygen atoms in total. The second-order valence-corrected chi connectivity index (χ2v) is 6.73. The molecule has 0 spiro atoms. The fraction of sp³-hybridized carbons (Fsp3) is 0.562. The smallest absolute Gasteiger partial charge is 0.289 e. The summed E-state index contributed by atoms with van der Waals surface area (Å²) < 4.78 is 15.7. The van der Waals surface area contributed by atoms with Crippen LogP contribution >= 0.6 is 0 Å². The summed E-state index contributed by atoms with van der Waals surface area (Å²) in [6.45, 7) is 6.39. The second-order valence-electron chi connectivity index (χ2n) is 6.73. The number of hydrogen-bond acceptors (Lipinski definition) is 7. The van der Waals surface area contributed by atoms with Crippen molar-refractivity contribution < 1.29 is 18.6 Å². The molecule has 4 heterocycles. The van der Waals surface area contributed by atoms with E-state index in [1.165, 1.54) is 6.20 Å². The number of fused-ring (bicyclic) bond motifs is 1. The monoisotopic (exact) mass is 332 g/mol. The first-order chi connectivity index (χ1) is 11.6. The Balaban J connectivity index is 1.40. The molecule has 0 saturated carbocycles. The quantitative estimate of drug-likeness (QED) is 0.867. The molecule has 1 amide bonds. The Morgan fingerprint density at radius 1 is 1.50 bits per heavy atom. The number of hydrogen-bond donors (Lipinski definition) is 1. The average Bonchev–Trinajstić information content (AvgIpc) is 3.29. The number of likely N-dealkylation sites (tertiary alicyclic amines) is 1. The van der Waals surface area contributed by atoms with E-state index in [0.717, 1.165) is 37.7 Å². The molecule has 0 unspecified atom stereocenters. The van der Waals surface area contributed by atoms with E-state index in [9.17, 15) is 4.79 Å². The van der Waals surface area contributed by atoms with Crippen LogP contribution in [0.15, 0.2) is 27.4 Å². The molecule has 128 valence electrons. The Bertz CT molecular complexity index is 713. The van der Waals surface area contributed by atoms with Gasteiger partial charge in [-0.05, 0) is 6.92 Å². The number of amides is 1. The van der Waals surface area contributed by atoms with Gasteiger partial charge in [-0.15, -0.1) is 0 Å². The van der Waals surface area contributed by atoms with Gasteiger partial charge in [0.2, 0.25) is 5.76 Å². The summed E-state index contributed by atoms with van der Waals surface area (Å²) in [5, 5.41) is 10.6. The van der Waals surface area contributed by atoms with Crippen LogP contribution in [-0.2, 0) is 11.3 Å². The number of rotatable bonds is 5. The lowest BCUT2D eigenvalue weighted by atomic mass is 9.81. The van der Waals surface area contributed by atoms with Crippen molar-refractivity contribution in [1.82, 2.24) is 20.5 Å². The molecule has 2 fully saturated rings. The van der Waals surface area contributed by atoms with Crippen LogP contribution in [0.1, 0.15) is 22.0 Å². The zero-order valence-electron chi connectivity index (χ0n) is 13.5. The SMILES string of the molecule is Cc1cc(CN2C[C@@H]3COC[C@]3(CNC(=O)c3ccno3)C2)no1. The van der Waals surface area contributed by atoms with Crippen LogP contribution in [-0.4, -0.2) is 54.0 Å². The third-order valence-corrected chi connectivity index (χ3v) is 4.92. The molecule has 0 radical (unpaired) electrons. The summed E-state index contributed by atoms with van der Waals surface area (Å²) in [7, 11) is 0. The zero-order chi connectivity index (χ0) is 16.6. The highest BCUT2D eigenvalue weighted by Crippen LogP contribution is 2.41. The van der Waals surface area contributed by atoms with E-state index in [4.69, 9.17) is 13.8 Å². The molecule has 4 rings (SSSR count). The molecule has 2 saturated heterocycles. The van der Waals surface area contributed by atoms with Crippen molar-refractivity contribution in [3.05, 3.63) is 35.5 Å². The summed E-state index contributed by atoms with van der Waals surface area (Å²) in [5.41, 5.74) is 0.878. The molecule has 2 aromatic heterocycles. The summed E-state index contributed by atoms with van der Waals surface area (Å²) in [6.07, 6.45) is 1.46. The number of aryl methyl sites for hydroxylation is 1. The summed E-state index contributed by atoms with van der Waals surface area (Å²) in [6, 6.07) is 3.52. The number of nitrogens with one attached hydrogen (secondary N) is 1. The van der Waals surface area contributed by atoms with Crippen molar-refractivity contribution >= 4 is 5.91 Å². The molecule has 0 aromatic carbocycles. The van der Waals surface area contributed by atoms with Crippen molar-refractivity contribution in [2.75, 3.05) is 32.8 Å². The van der Waals surface area contributed by atoms with E-state index < -0.39 is 0 Å². The van der Waals surface area contributed by atoms with E-state index in [-0.39, 0.29) is 17.1 Å². The Labute approximate surface area is 139 Å². The molecule has 1 N–H and O–H groups in total. The van der Waals surface area contributed by atoms with Gasteiger partial charge in [0, 0.05) is 49.6 Å². The first kappa shape index (κ1) is 15.3. The third kappa shape index (κ3) is 2.83. The minimum absolute atomic E-state index is 0.0610. The number of carbonyl (C=O) groups excluding carboxylic acids is 1. The highest BCUT2D eigenvalue weighted by Gasteiger charge is 2.50. The van der Waals surface area contributed by atoms with E-state index in [0.29, 0.717) is 19.1 Å². The van der Waals surface area contributed by atoms with Gasteiger partial charge in [0.1, 0.15) is 5.76 Å². The predicted molar refractivity (Wildman–Crippen MR) is 82.1 cm³/mol. The maximum atomic E-state index is 12.1. The number of nitrogens with zero attached hydrogens (tertiary/aromatic N) is 3. The van der Waals surface area contributed by atoms with Crippen molar-refractivity contribution in [2.24, 2.45) is 11.3 Å². The van der Waals surface area contributed by atoms with Crippen LogP contribution in [0, 0.1) is 18.3 Å². The van der Waals surface area contributed by atoms with Gasteiger partial charge in [0.05, 0.1) is 25.1 Å². The van der Waals surface area contributed by atoms with Crippen LogP contribution in [0.5, 0.6) is 0 Å². The first-order valence-electron chi connectivity index (χ1n) is 8.06. The maximum Gasteiger partial charge on any atom is 0.289 e. The zero-order valence-corrected chi connectivity index (χ0v) is 13.5. The minimum Gasteiger partial charge on any atom is -0.380 e. The minimum atomic E-state index is -0.238. The number of aromatic nitrogens is 2. The second kappa shape index (κ2) is 6.03. The van der Waals surface area contributed by atoms with Gasteiger partial charge < -0.3 is 19.1 Å². The predicted octanol–water partition coefficient (Wildman–Crippen LogP) is 0.849. The largest absolute Gasteiger partial charge is 0.380 e. The van der Waals surface area contributed by atoms with Crippen LogP contribution in [0.2, 0.25) is 0 Å². The van der Waals surface area contributed by atoms with Gasteiger partial charge in [-0.3, -0.25) is 9.69 Å². The summed E-state index contributed by atoms with van der Waals surface area (Å²) in [5.74, 6) is 1.22. The first-order valence-corrected chi connectivity index (χ1v) is 8.06. The van der Waals surface area contributed by atoms with Crippen LogP contribution in [0.3, 0.4) is 0 Å². The Kier molecular flexibility index (Phi) is 3.85. The number of ether oxygens (including phenoxy) is 1. The third-order valence-electron chi connectivity index (χ3n) is 4.92. The number of carbonyl (C=O) groups is 1. The lowest BCUT2D eigenvalue weighted by molar-refractivity contribution is 0.0869. The standard InChI is InChI=1S/C16H20N4O4/c1-11-4-13(19-23-11)6-20-5-12-7-22-10-16(12,9-20)8-17-15(21)14-2-3-18-24-14/h2-4,12H,5-10H2,1H3,(H,17,21)/t12-,16+/m1/s1. The van der Waals surface area contributed by atoms with Gasteiger partial charge in [0.15, 0.2) is 0 Å². The molecule has 8 heteroatoms. The van der Waals surface area contributed by atoms with Gasteiger partial charge in [-0.25, -0.2) is 0 Å². The summed E-state index contributed by atoms with van der Waals surface area (Å²) in [4.78, 5) is 14.5.